The molecule has 0 atom stereocenters. The molecule has 1 aliphatic heterocycles. The molecule has 1 aliphatic rings. The smallest absolute Gasteiger partial charge is 0.152 e. The van der Waals surface area contributed by atoms with E-state index in [-0.39, 0.29) is 0 Å². The van der Waals surface area contributed by atoms with Crippen molar-refractivity contribution in [3.63, 3.8) is 0 Å². The van der Waals surface area contributed by atoms with E-state index in [1.54, 1.807) is 0 Å². The van der Waals surface area contributed by atoms with Crippen molar-refractivity contribution >= 4 is 21.8 Å². The van der Waals surface area contributed by atoms with E-state index in [9.17, 15) is 5.26 Å². The third-order valence-corrected chi connectivity index (χ3v) is 7.83. The predicted molar refractivity (Wildman–Crippen MR) is 162 cm³/mol. The number of nitriles is 1. The molecule has 40 heavy (non-hydrogen) atoms. The van der Waals surface area contributed by atoms with Crippen molar-refractivity contribution in [1.82, 2.24) is 4.57 Å². The summed E-state index contributed by atoms with van der Waals surface area (Å²) in [5, 5.41) is 12.3. The quantitative estimate of drug-likeness (QED) is 0.237. The van der Waals surface area contributed by atoms with Gasteiger partial charge in [0.15, 0.2) is 11.5 Å². The molecule has 0 spiro atoms. The predicted octanol–water partition coefficient (Wildman–Crippen LogP) is 9.76. The highest BCUT2D eigenvalue weighted by molar-refractivity contribution is 6.12. The Morgan fingerprint density at radius 2 is 1.20 bits per heavy atom. The van der Waals surface area contributed by atoms with Crippen LogP contribution in [-0.4, -0.2) is 4.57 Å². The molecule has 3 heteroatoms. The first kappa shape index (κ1) is 22.4. The van der Waals surface area contributed by atoms with Crippen LogP contribution in [0.5, 0.6) is 11.5 Å². The number of hydrogen-bond acceptors (Lipinski definition) is 2. The van der Waals surface area contributed by atoms with E-state index in [2.05, 4.69) is 95.6 Å². The van der Waals surface area contributed by atoms with Gasteiger partial charge in [0.1, 0.15) is 0 Å². The first-order chi connectivity index (χ1) is 19.8. The van der Waals surface area contributed by atoms with E-state index >= 15 is 0 Å². The van der Waals surface area contributed by atoms with Gasteiger partial charge in [-0.25, -0.2) is 0 Å². The average Bonchev–Trinajstić information content (AvgIpc) is 3.37. The Labute approximate surface area is 231 Å². The summed E-state index contributed by atoms with van der Waals surface area (Å²) in [6.45, 7) is 0. The molecular weight excluding hydrogens is 488 g/mol. The third kappa shape index (κ3) is 3.37. The Bertz CT molecular complexity index is 2150. The Hall–Kier alpha value is -5.59. The molecule has 1 aromatic heterocycles. The SMILES string of the molecule is N#Cc1cc(-c2cccc(-c3ccc4c(c3)Oc3cccc5c6ccccc6n-4c35)c2)ccc1-c1ccccc1. The molecule has 6 aromatic carbocycles. The highest BCUT2D eigenvalue weighted by Crippen LogP contribution is 2.46. The normalized spacial score (nSPS) is 11.7. The fourth-order valence-corrected chi connectivity index (χ4v) is 5.96. The van der Waals surface area contributed by atoms with Crippen molar-refractivity contribution in [2.45, 2.75) is 0 Å². The van der Waals surface area contributed by atoms with E-state index in [4.69, 9.17) is 4.74 Å². The number of rotatable bonds is 3. The number of benzene rings is 6. The summed E-state index contributed by atoms with van der Waals surface area (Å²) in [5.41, 5.74) is 10.2. The maximum atomic E-state index is 9.90. The summed E-state index contributed by atoms with van der Waals surface area (Å²) < 4.78 is 8.80. The van der Waals surface area contributed by atoms with Gasteiger partial charge in [-0.2, -0.15) is 5.26 Å². The summed E-state index contributed by atoms with van der Waals surface area (Å²) in [7, 11) is 0. The molecule has 0 amide bonds. The molecule has 0 bridgehead atoms. The second-order valence-electron chi connectivity index (χ2n) is 10.1. The topological polar surface area (TPSA) is 37.9 Å². The van der Waals surface area contributed by atoms with Crippen LogP contribution in [0.15, 0.2) is 133 Å². The fraction of sp³-hybridized carbons (Fsp3) is 0. The van der Waals surface area contributed by atoms with Gasteiger partial charge in [0.2, 0.25) is 0 Å². The summed E-state index contributed by atoms with van der Waals surface area (Å²) in [6.07, 6.45) is 0. The monoisotopic (exact) mass is 510 g/mol. The minimum absolute atomic E-state index is 0.667. The average molecular weight is 511 g/mol. The number of hydrogen-bond donors (Lipinski definition) is 0. The molecule has 0 saturated carbocycles. The van der Waals surface area contributed by atoms with Crippen molar-refractivity contribution in [3.8, 4) is 56.6 Å². The molecule has 0 unspecified atom stereocenters. The molecule has 2 heterocycles. The third-order valence-electron chi connectivity index (χ3n) is 7.83. The van der Waals surface area contributed by atoms with Gasteiger partial charge < -0.3 is 9.30 Å². The largest absolute Gasteiger partial charge is 0.453 e. The minimum atomic E-state index is 0.667. The van der Waals surface area contributed by atoms with Crippen LogP contribution in [-0.2, 0) is 0 Å². The van der Waals surface area contributed by atoms with Crippen LogP contribution < -0.4 is 4.74 Å². The summed E-state index contributed by atoms with van der Waals surface area (Å²) in [4.78, 5) is 0. The maximum Gasteiger partial charge on any atom is 0.152 e. The van der Waals surface area contributed by atoms with Gasteiger partial charge in [0.25, 0.3) is 0 Å². The number of aromatic nitrogens is 1. The Morgan fingerprint density at radius 3 is 2.05 bits per heavy atom. The van der Waals surface area contributed by atoms with Crippen molar-refractivity contribution in [1.29, 1.82) is 5.26 Å². The Balaban J connectivity index is 1.21. The summed E-state index contributed by atoms with van der Waals surface area (Å²) >= 11 is 0. The molecule has 186 valence electrons. The zero-order valence-electron chi connectivity index (χ0n) is 21.5. The molecule has 0 N–H and O–H groups in total. The van der Waals surface area contributed by atoms with E-state index in [1.807, 2.05) is 48.5 Å². The molecule has 0 saturated heterocycles. The van der Waals surface area contributed by atoms with Crippen LogP contribution in [0.25, 0.3) is 60.9 Å². The summed E-state index contributed by atoms with van der Waals surface area (Å²) in [5.74, 6) is 1.71. The zero-order valence-corrected chi connectivity index (χ0v) is 21.5. The second kappa shape index (κ2) is 8.73. The Kier molecular flexibility index (Phi) is 4.89. The minimum Gasteiger partial charge on any atom is -0.453 e. The van der Waals surface area contributed by atoms with Crippen molar-refractivity contribution < 1.29 is 4.74 Å². The van der Waals surface area contributed by atoms with Crippen LogP contribution in [0.4, 0.5) is 0 Å². The van der Waals surface area contributed by atoms with E-state index in [1.165, 1.54) is 16.3 Å². The second-order valence-corrected chi connectivity index (χ2v) is 10.1. The number of para-hydroxylation sites is 2. The van der Waals surface area contributed by atoms with Crippen molar-refractivity contribution in [2.24, 2.45) is 0 Å². The van der Waals surface area contributed by atoms with Gasteiger partial charge in [-0.05, 0) is 69.8 Å². The standard InChI is InChI=1S/C37H22N2O/c38-23-29-21-27(16-18-30(29)24-8-2-1-3-9-24)25-10-6-11-26(20-25)28-17-19-34-36(22-28)40-35-15-7-13-32-31-12-4-5-14-33(31)39(34)37(32)35/h1-22H. The van der Waals surface area contributed by atoms with Crippen LogP contribution in [0.1, 0.15) is 5.56 Å². The lowest BCUT2D eigenvalue weighted by molar-refractivity contribution is 0.476. The first-order valence-electron chi connectivity index (χ1n) is 13.3. The maximum absolute atomic E-state index is 9.90. The highest BCUT2D eigenvalue weighted by Gasteiger charge is 2.23. The number of fused-ring (bicyclic) bond motifs is 5. The number of nitrogens with zero attached hydrogens (tertiary/aromatic N) is 2. The zero-order chi connectivity index (χ0) is 26.6. The van der Waals surface area contributed by atoms with E-state index in [0.29, 0.717) is 5.56 Å². The van der Waals surface area contributed by atoms with Gasteiger partial charge >= 0.3 is 0 Å². The van der Waals surface area contributed by atoms with Gasteiger partial charge in [0.05, 0.1) is 28.4 Å². The molecule has 7 aromatic rings. The highest BCUT2D eigenvalue weighted by atomic mass is 16.5. The van der Waals surface area contributed by atoms with Gasteiger partial charge in [-0.1, -0.05) is 97.1 Å². The fourth-order valence-electron chi connectivity index (χ4n) is 5.96. The molecule has 0 radical (unpaired) electrons. The van der Waals surface area contributed by atoms with Crippen molar-refractivity contribution in [3.05, 3.63) is 139 Å². The molecular formula is C37H22N2O. The van der Waals surface area contributed by atoms with E-state index < -0.39 is 0 Å². The summed E-state index contributed by atoms with van der Waals surface area (Å²) in [6, 6.07) is 48.3. The first-order valence-corrected chi connectivity index (χ1v) is 13.3. The lowest BCUT2D eigenvalue weighted by atomic mass is 9.94. The van der Waals surface area contributed by atoms with Crippen molar-refractivity contribution in [2.75, 3.05) is 0 Å². The Morgan fingerprint density at radius 1 is 0.525 bits per heavy atom. The number of ether oxygens (including phenoxy) is 1. The molecule has 8 rings (SSSR count). The molecule has 0 aliphatic carbocycles. The lowest BCUT2D eigenvalue weighted by Crippen LogP contribution is -2.04. The van der Waals surface area contributed by atoms with Crippen LogP contribution >= 0.6 is 0 Å². The van der Waals surface area contributed by atoms with Gasteiger partial charge in [0, 0.05) is 10.8 Å². The van der Waals surface area contributed by atoms with Gasteiger partial charge in [-0.3, -0.25) is 0 Å². The molecule has 3 nitrogen and oxygen atoms in total. The molecule has 0 fully saturated rings. The van der Waals surface area contributed by atoms with Crippen LogP contribution in [0.3, 0.4) is 0 Å². The van der Waals surface area contributed by atoms with Gasteiger partial charge in [-0.15, -0.1) is 0 Å². The van der Waals surface area contributed by atoms with E-state index in [0.717, 1.165) is 56.1 Å². The lowest BCUT2D eigenvalue weighted by Gasteiger charge is -2.21. The van der Waals surface area contributed by atoms with Crippen LogP contribution in [0.2, 0.25) is 0 Å². The van der Waals surface area contributed by atoms with Crippen LogP contribution in [0, 0.1) is 11.3 Å².